The number of aromatic hydroxyl groups is 1. The number of hydrogen-bond donors (Lipinski definition) is 3. The summed E-state index contributed by atoms with van der Waals surface area (Å²) < 4.78 is 5.68. The van der Waals surface area contributed by atoms with Gasteiger partial charge in [0.05, 0.1) is 18.7 Å². The van der Waals surface area contributed by atoms with Crippen molar-refractivity contribution < 1.29 is 24.2 Å². The largest absolute Gasteiger partial charge is 0.507 e. The molecule has 0 aliphatic carbocycles. The van der Waals surface area contributed by atoms with Crippen molar-refractivity contribution in [1.29, 1.82) is 5.41 Å². The molecule has 0 aromatic heterocycles. The molecule has 2 heterocycles. The number of carbonyl (C=O) groups excluding carboxylic acids is 3. The zero-order chi connectivity index (χ0) is 28.5. The molecule has 4 rings (SSSR count). The van der Waals surface area contributed by atoms with E-state index in [1.54, 1.807) is 41.1 Å². The van der Waals surface area contributed by atoms with Gasteiger partial charge in [-0.05, 0) is 55.0 Å². The molecule has 0 unspecified atom stereocenters. The highest BCUT2D eigenvalue weighted by Gasteiger charge is 2.31. The first-order valence-electron chi connectivity index (χ1n) is 13.5. The van der Waals surface area contributed by atoms with Crippen molar-refractivity contribution in [1.82, 2.24) is 15.1 Å². The Hall–Kier alpha value is -3.88. The topological polar surface area (TPSA) is 123 Å². The fourth-order valence-electron chi connectivity index (χ4n) is 5.20. The third-order valence-corrected chi connectivity index (χ3v) is 7.35. The van der Waals surface area contributed by atoms with Gasteiger partial charge in [0.25, 0.3) is 5.91 Å². The number of hydrogen-bond acceptors (Lipinski definition) is 6. The van der Waals surface area contributed by atoms with Crippen LogP contribution in [0.3, 0.4) is 0 Å². The van der Waals surface area contributed by atoms with Gasteiger partial charge in [-0.2, -0.15) is 0 Å². The average Bonchev–Trinajstić information content (AvgIpc) is 3.18. The van der Waals surface area contributed by atoms with E-state index in [0.29, 0.717) is 59.7 Å². The number of nitrogens with zero attached hydrogens (tertiary/aromatic N) is 2. The maximum atomic E-state index is 13.6. The predicted molar refractivity (Wildman–Crippen MR) is 149 cm³/mol. The lowest BCUT2D eigenvalue weighted by Gasteiger charge is -2.29. The van der Waals surface area contributed by atoms with E-state index < -0.39 is 5.41 Å². The molecule has 0 atom stereocenters. The first kappa shape index (κ1) is 28.1. The number of phenolic OH excluding ortho intramolecular Hbond substituents is 1. The zero-order valence-corrected chi connectivity index (χ0v) is 23.4. The van der Waals surface area contributed by atoms with Crippen LogP contribution in [0.2, 0.25) is 0 Å². The Kier molecular flexibility index (Phi) is 7.99. The zero-order valence-electron chi connectivity index (χ0n) is 23.4. The van der Waals surface area contributed by atoms with Gasteiger partial charge in [0.15, 0.2) is 5.78 Å². The molecule has 9 heteroatoms. The standard InChI is InChI=1S/C30H38N4O5/c1-6-39-25-13-19-15-34(28(31)21(19)14-22(25)29(38)32-5)17-24(35)18-11-20(16-33-10-8-7-9-26(33)36)27(37)23(12-18)30(2,3)4/h11-14,31,37H,6-10,15-17H2,1-5H3,(H,32,38). The van der Waals surface area contributed by atoms with E-state index in [1.807, 2.05) is 27.7 Å². The fourth-order valence-corrected chi connectivity index (χ4v) is 5.20. The Labute approximate surface area is 229 Å². The SMILES string of the molecule is CCOc1cc2c(cc1C(=O)NC)C(=N)N(CC(=O)c1cc(CN3CCCCC3=O)c(O)c(C(C)(C)C)c1)C2. The summed E-state index contributed by atoms with van der Waals surface area (Å²) >= 11 is 0. The van der Waals surface area contributed by atoms with Gasteiger partial charge < -0.3 is 25.0 Å². The monoisotopic (exact) mass is 534 g/mol. The van der Waals surface area contributed by atoms with Gasteiger partial charge in [0.2, 0.25) is 5.91 Å². The number of piperidine rings is 1. The van der Waals surface area contributed by atoms with Gasteiger partial charge in [-0.15, -0.1) is 0 Å². The molecule has 0 bridgehead atoms. The van der Waals surface area contributed by atoms with Crippen molar-refractivity contribution in [3.05, 3.63) is 57.6 Å². The molecule has 0 spiro atoms. The number of rotatable bonds is 8. The number of benzene rings is 2. The highest BCUT2D eigenvalue weighted by Crippen LogP contribution is 2.36. The predicted octanol–water partition coefficient (Wildman–Crippen LogP) is 3.98. The highest BCUT2D eigenvalue weighted by atomic mass is 16.5. The average molecular weight is 535 g/mol. The van der Waals surface area contributed by atoms with Crippen LogP contribution in [0.25, 0.3) is 0 Å². The Balaban J connectivity index is 1.62. The molecular formula is C30H38N4O5. The van der Waals surface area contributed by atoms with E-state index in [9.17, 15) is 19.5 Å². The van der Waals surface area contributed by atoms with E-state index in [1.165, 1.54) is 0 Å². The first-order valence-corrected chi connectivity index (χ1v) is 13.5. The van der Waals surface area contributed by atoms with Crippen molar-refractivity contribution >= 4 is 23.4 Å². The quantitative estimate of drug-likeness (QED) is 0.440. The Morgan fingerprint density at radius 2 is 1.87 bits per heavy atom. The molecule has 2 aromatic carbocycles. The Morgan fingerprint density at radius 3 is 2.51 bits per heavy atom. The van der Waals surface area contributed by atoms with Crippen LogP contribution in [0.4, 0.5) is 0 Å². The molecule has 2 aliphatic heterocycles. The molecule has 1 saturated heterocycles. The maximum Gasteiger partial charge on any atom is 0.254 e. The van der Waals surface area contributed by atoms with Crippen molar-refractivity contribution in [2.24, 2.45) is 0 Å². The molecule has 208 valence electrons. The number of carbonyl (C=O) groups is 3. The molecule has 2 aliphatic rings. The van der Waals surface area contributed by atoms with Gasteiger partial charge >= 0.3 is 0 Å². The minimum Gasteiger partial charge on any atom is -0.507 e. The first-order chi connectivity index (χ1) is 18.4. The van der Waals surface area contributed by atoms with Crippen LogP contribution in [0, 0.1) is 5.41 Å². The number of amides is 2. The molecule has 0 radical (unpaired) electrons. The summed E-state index contributed by atoms with van der Waals surface area (Å²) in [5.74, 6) is 0.287. The maximum absolute atomic E-state index is 13.6. The van der Waals surface area contributed by atoms with Crippen LogP contribution in [0.5, 0.6) is 11.5 Å². The summed E-state index contributed by atoms with van der Waals surface area (Å²) in [4.78, 5) is 41.9. The number of phenols is 1. The number of nitrogens with one attached hydrogen (secondary N) is 2. The number of likely N-dealkylation sites (tertiary alicyclic amines) is 1. The van der Waals surface area contributed by atoms with Crippen molar-refractivity contribution in [3.8, 4) is 11.5 Å². The second kappa shape index (κ2) is 11.1. The minimum atomic E-state index is -0.427. The molecule has 39 heavy (non-hydrogen) atoms. The van der Waals surface area contributed by atoms with Crippen molar-refractivity contribution in [2.75, 3.05) is 26.7 Å². The number of amidine groups is 1. The molecular weight excluding hydrogens is 496 g/mol. The van der Waals surface area contributed by atoms with Gasteiger partial charge in [0.1, 0.15) is 17.3 Å². The molecule has 2 amide bonds. The van der Waals surface area contributed by atoms with Gasteiger partial charge in [-0.1, -0.05) is 20.8 Å². The number of Topliss-reactive ketones (excluding diaryl/α,β-unsaturated/α-hetero) is 1. The number of ether oxygens (including phenoxy) is 1. The van der Waals surface area contributed by atoms with Crippen LogP contribution in [-0.2, 0) is 23.3 Å². The molecule has 2 aromatic rings. The summed E-state index contributed by atoms with van der Waals surface area (Å²) in [6.45, 7) is 9.33. The summed E-state index contributed by atoms with van der Waals surface area (Å²) in [5.41, 5.74) is 2.96. The van der Waals surface area contributed by atoms with Crippen LogP contribution < -0.4 is 10.1 Å². The second-order valence-corrected chi connectivity index (χ2v) is 11.2. The van der Waals surface area contributed by atoms with E-state index in [0.717, 1.165) is 18.4 Å². The lowest BCUT2D eigenvalue weighted by molar-refractivity contribution is -0.133. The second-order valence-electron chi connectivity index (χ2n) is 11.2. The molecule has 1 fully saturated rings. The number of fused-ring (bicyclic) bond motifs is 1. The molecule has 3 N–H and O–H groups in total. The van der Waals surface area contributed by atoms with Crippen LogP contribution in [-0.4, -0.2) is 65.1 Å². The third-order valence-electron chi connectivity index (χ3n) is 7.35. The lowest BCUT2D eigenvalue weighted by atomic mass is 9.83. The van der Waals surface area contributed by atoms with Gasteiger partial charge in [-0.25, -0.2) is 0 Å². The third kappa shape index (κ3) is 5.77. The van der Waals surface area contributed by atoms with Crippen LogP contribution >= 0.6 is 0 Å². The lowest BCUT2D eigenvalue weighted by Crippen LogP contribution is -2.35. The smallest absolute Gasteiger partial charge is 0.254 e. The van der Waals surface area contributed by atoms with Crippen LogP contribution in [0.1, 0.15) is 89.9 Å². The molecule has 0 saturated carbocycles. The van der Waals surface area contributed by atoms with Crippen molar-refractivity contribution in [2.45, 2.75) is 65.5 Å². The van der Waals surface area contributed by atoms with E-state index >= 15 is 0 Å². The highest BCUT2D eigenvalue weighted by molar-refractivity contribution is 6.07. The fraction of sp³-hybridized carbons (Fsp3) is 0.467. The normalized spacial score (nSPS) is 15.4. The van der Waals surface area contributed by atoms with Crippen LogP contribution in [0.15, 0.2) is 24.3 Å². The minimum absolute atomic E-state index is 0.0385. The summed E-state index contributed by atoms with van der Waals surface area (Å²) in [7, 11) is 1.54. The Morgan fingerprint density at radius 1 is 1.13 bits per heavy atom. The number of ketones is 1. The van der Waals surface area contributed by atoms with Gasteiger partial charge in [-0.3, -0.25) is 19.8 Å². The summed E-state index contributed by atoms with van der Waals surface area (Å²) in [5, 5.41) is 22.5. The summed E-state index contributed by atoms with van der Waals surface area (Å²) in [6.07, 6.45) is 2.28. The van der Waals surface area contributed by atoms with E-state index in [-0.39, 0.29) is 42.3 Å². The molecule has 9 nitrogen and oxygen atoms in total. The summed E-state index contributed by atoms with van der Waals surface area (Å²) in [6, 6.07) is 6.83. The van der Waals surface area contributed by atoms with E-state index in [2.05, 4.69) is 5.32 Å². The van der Waals surface area contributed by atoms with Gasteiger partial charge in [0, 0.05) is 55.4 Å². The van der Waals surface area contributed by atoms with Crippen molar-refractivity contribution in [3.63, 3.8) is 0 Å². The van der Waals surface area contributed by atoms with E-state index in [4.69, 9.17) is 10.1 Å². The Bertz CT molecular complexity index is 1330.